The number of rotatable bonds is 19. The fourth-order valence-corrected chi connectivity index (χ4v) is 3.18. The van der Waals surface area contributed by atoms with Gasteiger partial charge in [0.2, 0.25) is 0 Å². The minimum absolute atomic E-state index is 0. The predicted octanol–water partition coefficient (Wildman–Crippen LogP) is 5.26. The van der Waals surface area contributed by atoms with E-state index in [0.29, 0.717) is 12.5 Å². The Hall–Kier alpha value is -0.650. The second-order valence-corrected chi connectivity index (χ2v) is 7.32. The van der Waals surface area contributed by atoms with Crippen molar-refractivity contribution in [1.82, 2.24) is 0 Å². The van der Waals surface area contributed by atoms with Gasteiger partial charge in [-0.2, -0.15) is 0 Å². The molecule has 0 aliphatic rings. The van der Waals surface area contributed by atoms with Gasteiger partial charge in [0.05, 0.1) is 0 Å². The summed E-state index contributed by atoms with van der Waals surface area (Å²) in [5, 5.41) is 17.5. The van der Waals surface area contributed by atoms with E-state index in [1.807, 2.05) is 0 Å². The molecular weight excluding hydrogens is 367 g/mol. The van der Waals surface area contributed by atoms with Gasteiger partial charge in [-0.15, -0.1) is 0 Å². The summed E-state index contributed by atoms with van der Waals surface area (Å²) in [7, 11) is 0. The Kier molecular flexibility index (Phi) is 22.2. The van der Waals surface area contributed by atoms with Crippen molar-refractivity contribution in [3.63, 3.8) is 0 Å². The summed E-state index contributed by atoms with van der Waals surface area (Å²) in [4.78, 5) is 33.2. The van der Waals surface area contributed by atoms with Crippen LogP contribution in [0, 0.1) is 0 Å². The molecule has 0 amide bonds. The first-order valence-electron chi connectivity index (χ1n) is 10.7. The Balaban J connectivity index is 0. The molecule has 0 spiro atoms. The summed E-state index contributed by atoms with van der Waals surface area (Å²) >= 11 is 0. The van der Waals surface area contributed by atoms with Crippen molar-refractivity contribution in [2.24, 2.45) is 0 Å². The molecule has 0 unspecified atom stereocenters. The van der Waals surface area contributed by atoms with Gasteiger partial charge in [-0.05, 0) is 6.42 Å². The predicted molar refractivity (Wildman–Crippen MR) is 115 cm³/mol. The quantitative estimate of drug-likeness (QED) is 0.100. The van der Waals surface area contributed by atoms with Crippen molar-refractivity contribution in [3.8, 4) is 0 Å². The molecule has 0 atom stereocenters. The van der Waals surface area contributed by atoms with E-state index in [1.165, 1.54) is 70.6 Å². The fourth-order valence-electron chi connectivity index (χ4n) is 3.18. The maximum atomic E-state index is 11.7. The van der Waals surface area contributed by atoms with E-state index in [0.717, 1.165) is 19.3 Å². The van der Waals surface area contributed by atoms with E-state index in [4.69, 9.17) is 10.2 Å². The number of ketones is 1. The van der Waals surface area contributed by atoms with Crippen LogP contribution in [-0.2, 0) is 14.4 Å². The van der Waals surface area contributed by atoms with Crippen LogP contribution in [0.1, 0.15) is 110 Å². The van der Waals surface area contributed by atoms with Crippen LogP contribution < -0.4 is 0 Å². The molecule has 2 N–H and O–H groups in total. The van der Waals surface area contributed by atoms with Gasteiger partial charge in [-0.1, -0.05) is 96.8 Å². The van der Waals surface area contributed by atoms with Crippen molar-refractivity contribution >= 4 is 47.3 Å². The topological polar surface area (TPSA) is 91.7 Å². The first-order valence-corrected chi connectivity index (χ1v) is 10.7. The van der Waals surface area contributed by atoms with Crippen LogP contribution in [0.4, 0.5) is 0 Å². The normalized spacial score (nSPS) is 11.1. The average molecular weight is 407 g/mol. The Morgan fingerprint density at radius 2 is 1.00 bits per heavy atom. The van der Waals surface area contributed by atoms with Crippen LogP contribution >= 0.6 is 0 Å². The first kappa shape index (κ1) is 29.6. The average Bonchev–Trinajstić information content (AvgIpc) is 2.62. The molecule has 0 aliphatic carbocycles. The summed E-state index contributed by atoms with van der Waals surface area (Å²) in [6.07, 6.45) is 18.9. The van der Waals surface area contributed by atoms with E-state index < -0.39 is 23.3 Å². The van der Waals surface area contributed by atoms with Crippen molar-refractivity contribution in [1.29, 1.82) is 0 Å². The molecule has 0 heterocycles. The molecule has 0 aromatic heterocycles. The zero-order valence-electron chi connectivity index (χ0n) is 17.0. The molecule has 0 fully saturated rings. The van der Waals surface area contributed by atoms with Gasteiger partial charge < -0.3 is 10.2 Å². The number of hydrogen-bond acceptors (Lipinski definition) is 3. The number of Topliss-reactive ketones (excluding diaryl/α,β-unsaturated/α-hetero) is 1. The Labute approximate surface area is 192 Å². The van der Waals surface area contributed by atoms with Crippen LogP contribution in [0.15, 0.2) is 11.6 Å². The first-order chi connectivity index (χ1) is 13.0. The van der Waals surface area contributed by atoms with Gasteiger partial charge in [-0.3, -0.25) is 4.79 Å². The van der Waals surface area contributed by atoms with Gasteiger partial charge in [0.25, 0.3) is 0 Å². The number of aliphatic carboxylic acids is 2. The van der Waals surface area contributed by atoms with E-state index >= 15 is 0 Å². The van der Waals surface area contributed by atoms with Crippen molar-refractivity contribution < 1.29 is 24.6 Å². The summed E-state index contributed by atoms with van der Waals surface area (Å²) < 4.78 is 0. The molecule has 0 saturated heterocycles. The third-order valence-electron chi connectivity index (χ3n) is 4.81. The van der Waals surface area contributed by atoms with Crippen molar-refractivity contribution in [3.05, 3.63) is 11.6 Å². The SMILES string of the molecule is CCCCCCCCCCCCCCCCCC(=O)/C(=C\C(=O)O)C(=O)O.[NaH]. The van der Waals surface area contributed by atoms with Crippen LogP contribution in [-0.4, -0.2) is 57.5 Å². The Morgan fingerprint density at radius 1 is 0.643 bits per heavy atom. The van der Waals surface area contributed by atoms with Crippen molar-refractivity contribution in [2.45, 2.75) is 110 Å². The van der Waals surface area contributed by atoms with Gasteiger partial charge in [0.1, 0.15) is 5.57 Å². The molecule has 0 aromatic carbocycles. The molecular formula is C22H39NaO5. The zero-order valence-corrected chi connectivity index (χ0v) is 17.0. The number of carboxylic acids is 2. The maximum absolute atomic E-state index is 11.7. The second-order valence-electron chi connectivity index (χ2n) is 7.32. The summed E-state index contributed by atoms with van der Waals surface area (Å²) in [5.74, 6) is -3.47. The molecule has 0 radical (unpaired) electrons. The molecule has 0 aromatic rings. The number of carbonyl (C=O) groups is 3. The van der Waals surface area contributed by atoms with Crippen LogP contribution in [0.3, 0.4) is 0 Å². The standard InChI is InChI=1S/C22H38O5.Na.H/c1-2-3-4-5-6-7-8-9-10-11-12-13-14-15-16-17-20(23)19(22(26)27)18-21(24)25;;/h18H,2-17H2,1H3,(H,24,25)(H,26,27);;/b19-18+;;. The van der Waals surface area contributed by atoms with E-state index in [2.05, 4.69) is 6.92 Å². The molecule has 0 saturated carbocycles. The van der Waals surface area contributed by atoms with Crippen LogP contribution in [0.2, 0.25) is 0 Å². The van der Waals surface area contributed by atoms with Gasteiger partial charge in [-0.25, -0.2) is 9.59 Å². The Bertz CT molecular complexity index is 460. The third kappa shape index (κ3) is 18.7. The van der Waals surface area contributed by atoms with Crippen LogP contribution in [0.25, 0.3) is 0 Å². The molecule has 0 bridgehead atoms. The van der Waals surface area contributed by atoms with E-state index in [-0.39, 0.29) is 36.0 Å². The number of carboxylic acid groups (broad SMARTS) is 2. The molecule has 6 heteroatoms. The Morgan fingerprint density at radius 3 is 1.32 bits per heavy atom. The zero-order chi connectivity index (χ0) is 20.3. The molecule has 0 rings (SSSR count). The van der Waals surface area contributed by atoms with Gasteiger partial charge >= 0.3 is 41.5 Å². The van der Waals surface area contributed by atoms with Gasteiger partial charge in [0.15, 0.2) is 5.78 Å². The summed E-state index contributed by atoms with van der Waals surface area (Å²) in [6, 6.07) is 0. The molecule has 158 valence electrons. The number of unbranched alkanes of at least 4 members (excludes halogenated alkanes) is 14. The van der Waals surface area contributed by atoms with E-state index in [9.17, 15) is 14.4 Å². The monoisotopic (exact) mass is 406 g/mol. The van der Waals surface area contributed by atoms with Crippen molar-refractivity contribution in [2.75, 3.05) is 0 Å². The fraction of sp³-hybridized carbons (Fsp3) is 0.773. The number of carbonyl (C=O) groups excluding carboxylic acids is 1. The van der Waals surface area contributed by atoms with E-state index in [1.54, 1.807) is 0 Å². The second kappa shape index (κ2) is 21.1. The summed E-state index contributed by atoms with van der Waals surface area (Å²) in [5.41, 5.74) is -0.632. The molecule has 5 nitrogen and oxygen atoms in total. The van der Waals surface area contributed by atoms with Crippen LogP contribution in [0.5, 0.6) is 0 Å². The third-order valence-corrected chi connectivity index (χ3v) is 4.81. The minimum atomic E-state index is -1.47. The number of hydrogen-bond donors (Lipinski definition) is 2. The van der Waals surface area contributed by atoms with Gasteiger partial charge in [0, 0.05) is 12.5 Å². The molecule has 0 aliphatic heterocycles. The summed E-state index contributed by atoms with van der Waals surface area (Å²) in [6.45, 7) is 2.24. The molecule has 28 heavy (non-hydrogen) atoms.